The second-order valence-electron chi connectivity index (χ2n) is 9.94. The molecule has 0 radical (unpaired) electrons. The third kappa shape index (κ3) is 7.76. The Bertz CT molecular complexity index is 452. The standard InChI is InChI=1S/C22H48O5Si2/c1-12-16-17-28(21(6,7)8,22(9,10)11)27-20(23)19(5)18-29(24-13-2,25-14-3)26-15-4/h19H,12-18H2,1-11H3. The summed E-state index contributed by atoms with van der Waals surface area (Å²) in [7, 11) is -5.33. The average Bonchev–Trinajstić information content (AvgIpc) is 2.56. The van der Waals surface area contributed by atoms with Gasteiger partial charge in [-0.05, 0) is 36.9 Å². The monoisotopic (exact) mass is 448 g/mol. The van der Waals surface area contributed by atoms with Crippen LogP contribution in [-0.2, 0) is 22.5 Å². The summed E-state index contributed by atoms with van der Waals surface area (Å²) in [6.07, 6.45) is 2.18. The highest BCUT2D eigenvalue weighted by Crippen LogP contribution is 2.54. The first-order chi connectivity index (χ1) is 13.3. The summed E-state index contributed by atoms with van der Waals surface area (Å²) in [5, 5.41) is -0.103. The lowest BCUT2D eigenvalue weighted by atomic mass is 10.2. The van der Waals surface area contributed by atoms with Crippen molar-refractivity contribution in [3.63, 3.8) is 0 Å². The Kier molecular flexibility index (Phi) is 11.9. The molecule has 0 heterocycles. The molecule has 0 bridgehead atoms. The molecule has 1 atom stereocenters. The lowest BCUT2D eigenvalue weighted by molar-refractivity contribution is -0.140. The van der Waals surface area contributed by atoms with E-state index in [9.17, 15) is 4.79 Å². The molecule has 0 aliphatic rings. The Morgan fingerprint density at radius 2 is 1.24 bits per heavy atom. The SMILES string of the molecule is CCCC[Si](OC(=O)C(C)C[Si](OCC)(OCC)OCC)(C(C)(C)C)C(C)(C)C. The van der Waals surface area contributed by atoms with Gasteiger partial charge < -0.3 is 17.7 Å². The van der Waals surface area contributed by atoms with Crippen LogP contribution in [-0.4, -0.2) is 42.9 Å². The van der Waals surface area contributed by atoms with Crippen molar-refractivity contribution in [3.05, 3.63) is 0 Å². The second kappa shape index (κ2) is 12.0. The molecule has 174 valence electrons. The van der Waals surface area contributed by atoms with Crippen LogP contribution in [0.3, 0.4) is 0 Å². The summed E-state index contributed by atoms with van der Waals surface area (Å²) < 4.78 is 24.4. The van der Waals surface area contributed by atoms with Crippen molar-refractivity contribution in [2.75, 3.05) is 19.8 Å². The predicted molar refractivity (Wildman–Crippen MR) is 126 cm³/mol. The molecule has 0 aromatic carbocycles. The minimum atomic E-state index is -2.90. The molecule has 0 rings (SSSR count). The summed E-state index contributed by atoms with van der Waals surface area (Å²) in [5.74, 6) is -0.460. The van der Waals surface area contributed by atoms with E-state index in [0.717, 1.165) is 18.9 Å². The Morgan fingerprint density at radius 3 is 1.55 bits per heavy atom. The second-order valence-corrected chi connectivity index (χ2v) is 17.9. The minimum Gasteiger partial charge on any atom is -0.518 e. The zero-order valence-electron chi connectivity index (χ0n) is 21.1. The lowest BCUT2D eigenvalue weighted by Gasteiger charge is -2.50. The van der Waals surface area contributed by atoms with Crippen molar-refractivity contribution in [3.8, 4) is 0 Å². The van der Waals surface area contributed by atoms with Crippen LogP contribution in [0.25, 0.3) is 0 Å². The highest BCUT2D eigenvalue weighted by molar-refractivity contribution is 6.80. The fourth-order valence-electron chi connectivity index (χ4n) is 4.35. The zero-order chi connectivity index (χ0) is 22.9. The molecule has 0 spiro atoms. The van der Waals surface area contributed by atoms with Gasteiger partial charge in [-0.1, -0.05) is 68.2 Å². The van der Waals surface area contributed by atoms with E-state index in [2.05, 4.69) is 48.5 Å². The Balaban J connectivity index is 5.78. The Hall–Kier alpha value is -0.216. The first kappa shape index (κ1) is 28.8. The number of unbranched alkanes of at least 4 members (excludes halogenated alkanes) is 1. The highest BCUT2D eigenvalue weighted by Gasteiger charge is 2.57. The van der Waals surface area contributed by atoms with E-state index < -0.39 is 17.1 Å². The fourth-order valence-corrected chi connectivity index (χ4v) is 13.1. The first-order valence-corrected chi connectivity index (χ1v) is 15.4. The molecule has 0 aliphatic carbocycles. The molecule has 5 nitrogen and oxygen atoms in total. The van der Waals surface area contributed by atoms with E-state index in [1.807, 2.05) is 27.7 Å². The van der Waals surface area contributed by atoms with Crippen LogP contribution < -0.4 is 0 Å². The molecular formula is C22H48O5Si2. The quantitative estimate of drug-likeness (QED) is 0.299. The third-order valence-corrected chi connectivity index (χ3v) is 15.4. The maximum atomic E-state index is 13.4. The van der Waals surface area contributed by atoms with Gasteiger partial charge in [-0.25, -0.2) is 0 Å². The van der Waals surface area contributed by atoms with Gasteiger partial charge in [0.15, 0.2) is 0 Å². The molecule has 0 N–H and O–H groups in total. The van der Waals surface area contributed by atoms with Crippen LogP contribution in [0.1, 0.15) is 89.0 Å². The van der Waals surface area contributed by atoms with Crippen LogP contribution in [0.5, 0.6) is 0 Å². The van der Waals surface area contributed by atoms with Gasteiger partial charge >= 0.3 is 8.80 Å². The van der Waals surface area contributed by atoms with Gasteiger partial charge in [0.05, 0.1) is 5.92 Å². The van der Waals surface area contributed by atoms with E-state index in [0.29, 0.717) is 25.9 Å². The van der Waals surface area contributed by atoms with Crippen molar-refractivity contribution >= 4 is 23.1 Å². The van der Waals surface area contributed by atoms with Gasteiger partial charge in [0.2, 0.25) is 0 Å². The van der Waals surface area contributed by atoms with Crippen LogP contribution >= 0.6 is 0 Å². The van der Waals surface area contributed by atoms with Crippen LogP contribution in [0.2, 0.25) is 22.2 Å². The van der Waals surface area contributed by atoms with Gasteiger partial charge in [0.1, 0.15) is 0 Å². The lowest BCUT2D eigenvalue weighted by Crippen LogP contribution is -2.56. The molecule has 0 fully saturated rings. The van der Waals surface area contributed by atoms with Crippen molar-refractivity contribution in [2.45, 2.75) is 111 Å². The molecule has 0 saturated carbocycles. The molecule has 0 aromatic rings. The number of carbonyl (C=O) groups excluding carboxylic acids is 1. The van der Waals surface area contributed by atoms with Crippen LogP contribution in [0, 0.1) is 5.92 Å². The highest BCUT2D eigenvalue weighted by atomic mass is 28.4. The molecule has 0 aromatic heterocycles. The molecule has 0 saturated heterocycles. The van der Waals surface area contributed by atoms with Gasteiger partial charge in [-0.2, -0.15) is 0 Å². The van der Waals surface area contributed by atoms with Gasteiger partial charge in [0, 0.05) is 25.9 Å². The molecule has 0 aliphatic heterocycles. The number of rotatable bonds is 13. The van der Waals surface area contributed by atoms with E-state index in [4.69, 9.17) is 17.7 Å². The smallest absolute Gasteiger partial charge is 0.501 e. The largest absolute Gasteiger partial charge is 0.518 e. The van der Waals surface area contributed by atoms with Gasteiger partial charge in [0.25, 0.3) is 14.3 Å². The average molecular weight is 449 g/mol. The summed E-state index contributed by atoms with van der Waals surface area (Å²) in [4.78, 5) is 13.4. The van der Waals surface area contributed by atoms with Gasteiger partial charge in [-0.15, -0.1) is 0 Å². The van der Waals surface area contributed by atoms with Gasteiger partial charge in [-0.3, -0.25) is 4.79 Å². The molecule has 0 amide bonds. The van der Waals surface area contributed by atoms with E-state index in [1.54, 1.807) is 0 Å². The summed E-state index contributed by atoms with van der Waals surface area (Å²) in [5.41, 5.74) is 0. The number of hydrogen-bond donors (Lipinski definition) is 0. The third-order valence-electron chi connectivity index (χ3n) is 5.63. The molecular weight excluding hydrogens is 400 g/mol. The van der Waals surface area contributed by atoms with Crippen LogP contribution in [0.4, 0.5) is 0 Å². The molecule has 7 heteroatoms. The fraction of sp³-hybridized carbons (Fsp3) is 0.955. The van der Waals surface area contributed by atoms with Crippen molar-refractivity contribution < 1.29 is 22.5 Å². The topological polar surface area (TPSA) is 54.0 Å². The van der Waals surface area contributed by atoms with E-state index in [-0.39, 0.29) is 22.0 Å². The van der Waals surface area contributed by atoms with Crippen molar-refractivity contribution in [1.29, 1.82) is 0 Å². The summed E-state index contributed by atoms with van der Waals surface area (Å²) in [6.45, 7) is 24.8. The first-order valence-electron chi connectivity index (χ1n) is 11.4. The summed E-state index contributed by atoms with van der Waals surface area (Å²) >= 11 is 0. The maximum absolute atomic E-state index is 13.4. The maximum Gasteiger partial charge on any atom is 0.501 e. The van der Waals surface area contributed by atoms with Crippen LogP contribution in [0.15, 0.2) is 0 Å². The van der Waals surface area contributed by atoms with Crippen molar-refractivity contribution in [1.82, 2.24) is 0 Å². The predicted octanol–water partition coefficient (Wildman–Crippen LogP) is 6.56. The Labute approximate surface area is 182 Å². The summed E-state index contributed by atoms with van der Waals surface area (Å²) in [6, 6.07) is 1.44. The zero-order valence-corrected chi connectivity index (χ0v) is 23.1. The van der Waals surface area contributed by atoms with E-state index >= 15 is 0 Å². The normalized spacial score (nSPS) is 14.7. The van der Waals surface area contributed by atoms with E-state index in [1.165, 1.54) is 0 Å². The Morgan fingerprint density at radius 1 is 0.828 bits per heavy atom. The van der Waals surface area contributed by atoms with Crippen molar-refractivity contribution in [2.24, 2.45) is 5.92 Å². The number of hydrogen-bond acceptors (Lipinski definition) is 5. The molecule has 1 unspecified atom stereocenters. The minimum absolute atomic E-state index is 0.0515. The number of carbonyl (C=O) groups is 1. The molecule has 29 heavy (non-hydrogen) atoms.